The van der Waals surface area contributed by atoms with Crippen LogP contribution in [0, 0.1) is 17.7 Å². The van der Waals surface area contributed by atoms with Crippen LogP contribution >= 0.6 is 0 Å². The van der Waals surface area contributed by atoms with E-state index in [1.807, 2.05) is 0 Å². The predicted octanol–water partition coefficient (Wildman–Crippen LogP) is 2.28. The van der Waals surface area contributed by atoms with Gasteiger partial charge in [0.1, 0.15) is 18.2 Å². The van der Waals surface area contributed by atoms with E-state index < -0.39 is 6.10 Å². The van der Waals surface area contributed by atoms with Crippen molar-refractivity contribution < 1.29 is 14.2 Å². The number of halogens is 1. The number of rotatable bonds is 3. The third-order valence-electron chi connectivity index (χ3n) is 1.90. The van der Waals surface area contributed by atoms with E-state index in [9.17, 15) is 9.50 Å². The van der Waals surface area contributed by atoms with Gasteiger partial charge in [0.2, 0.25) is 0 Å². The second-order valence-electron chi connectivity index (χ2n) is 3.07. The Hall–Kier alpha value is -1.53. The highest BCUT2D eigenvalue weighted by Gasteiger charge is 2.09. The fourth-order valence-electron chi connectivity index (χ4n) is 1.16. The van der Waals surface area contributed by atoms with Gasteiger partial charge >= 0.3 is 0 Å². The van der Waals surface area contributed by atoms with E-state index in [4.69, 9.17) is 4.74 Å². The maximum Gasteiger partial charge on any atom is 0.149 e. The number of aliphatic hydroxyl groups is 1. The molecule has 1 aromatic rings. The summed E-state index contributed by atoms with van der Waals surface area (Å²) in [6, 6.07) is 4.05. The standard InChI is InChI=1S/C12H13FO2/c1-3-4-7-15-12-8-10(13)5-6-11(12)9(2)14/h5-6,8-9,14H,7H2,1-2H3/t9-/m1/s1. The largest absolute Gasteiger partial charge is 0.480 e. The van der Waals surface area contributed by atoms with Gasteiger partial charge < -0.3 is 9.84 Å². The minimum absolute atomic E-state index is 0.194. The molecule has 1 aromatic carbocycles. The van der Waals surface area contributed by atoms with Gasteiger partial charge in [0, 0.05) is 11.6 Å². The SMILES string of the molecule is CC#CCOc1cc(F)ccc1[C@@H](C)O. The molecule has 0 fully saturated rings. The molecule has 1 rings (SSSR count). The first-order chi connectivity index (χ1) is 7.15. The van der Waals surface area contributed by atoms with Crippen LogP contribution in [0.3, 0.4) is 0 Å². The number of benzene rings is 1. The van der Waals surface area contributed by atoms with E-state index in [1.165, 1.54) is 18.2 Å². The van der Waals surface area contributed by atoms with Crippen LogP contribution in [-0.4, -0.2) is 11.7 Å². The molecule has 0 saturated heterocycles. The summed E-state index contributed by atoms with van der Waals surface area (Å²) in [4.78, 5) is 0. The lowest BCUT2D eigenvalue weighted by atomic mass is 10.1. The third-order valence-corrected chi connectivity index (χ3v) is 1.90. The average Bonchev–Trinajstić information content (AvgIpc) is 2.18. The van der Waals surface area contributed by atoms with Gasteiger partial charge in [-0.3, -0.25) is 0 Å². The number of hydrogen-bond acceptors (Lipinski definition) is 2. The Kier molecular flexibility index (Phi) is 4.14. The van der Waals surface area contributed by atoms with Gasteiger partial charge in [-0.15, -0.1) is 5.92 Å². The monoisotopic (exact) mass is 208 g/mol. The molecule has 1 N–H and O–H groups in total. The zero-order valence-corrected chi connectivity index (χ0v) is 8.75. The number of ether oxygens (including phenoxy) is 1. The average molecular weight is 208 g/mol. The Labute approximate surface area is 88.7 Å². The van der Waals surface area contributed by atoms with Gasteiger partial charge in [0.15, 0.2) is 0 Å². The predicted molar refractivity (Wildman–Crippen MR) is 56.0 cm³/mol. The van der Waals surface area contributed by atoms with Crippen LogP contribution in [0.4, 0.5) is 4.39 Å². The first-order valence-electron chi connectivity index (χ1n) is 4.65. The van der Waals surface area contributed by atoms with E-state index in [0.29, 0.717) is 11.3 Å². The molecule has 0 saturated carbocycles. The van der Waals surface area contributed by atoms with Crippen molar-refractivity contribution in [2.75, 3.05) is 6.61 Å². The van der Waals surface area contributed by atoms with Gasteiger partial charge in [-0.25, -0.2) is 4.39 Å². The fourth-order valence-corrected chi connectivity index (χ4v) is 1.16. The minimum atomic E-state index is -0.685. The molecular weight excluding hydrogens is 195 g/mol. The van der Waals surface area contributed by atoms with Crippen LogP contribution in [0.25, 0.3) is 0 Å². The first kappa shape index (κ1) is 11.5. The van der Waals surface area contributed by atoms with Gasteiger partial charge in [-0.1, -0.05) is 5.92 Å². The zero-order chi connectivity index (χ0) is 11.3. The van der Waals surface area contributed by atoms with Crippen molar-refractivity contribution in [1.82, 2.24) is 0 Å². The summed E-state index contributed by atoms with van der Waals surface area (Å²) in [6.45, 7) is 3.50. The Morgan fingerprint density at radius 3 is 2.87 bits per heavy atom. The molecule has 80 valence electrons. The maximum atomic E-state index is 12.9. The molecule has 0 aliphatic carbocycles. The smallest absolute Gasteiger partial charge is 0.149 e. The van der Waals surface area contributed by atoms with E-state index in [-0.39, 0.29) is 12.4 Å². The summed E-state index contributed by atoms with van der Waals surface area (Å²) in [7, 11) is 0. The highest BCUT2D eigenvalue weighted by molar-refractivity contribution is 5.35. The van der Waals surface area contributed by atoms with Crippen LogP contribution in [0.5, 0.6) is 5.75 Å². The van der Waals surface area contributed by atoms with Crippen molar-refractivity contribution in [2.45, 2.75) is 20.0 Å². The second-order valence-corrected chi connectivity index (χ2v) is 3.07. The van der Waals surface area contributed by atoms with Crippen molar-refractivity contribution in [3.63, 3.8) is 0 Å². The summed E-state index contributed by atoms with van der Waals surface area (Å²) >= 11 is 0. The lowest BCUT2D eigenvalue weighted by Crippen LogP contribution is -2.01. The summed E-state index contributed by atoms with van der Waals surface area (Å²) in [5.74, 6) is 5.33. The second kappa shape index (κ2) is 5.38. The molecule has 0 amide bonds. The van der Waals surface area contributed by atoms with Crippen molar-refractivity contribution in [3.8, 4) is 17.6 Å². The fraction of sp³-hybridized carbons (Fsp3) is 0.333. The zero-order valence-electron chi connectivity index (χ0n) is 8.75. The summed E-state index contributed by atoms with van der Waals surface area (Å²) in [6.07, 6.45) is -0.685. The lowest BCUT2D eigenvalue weighted by Gasteiger charge is -2.11. The molecule has 0 aliphatic rings. The molecule has 0 aromatic heterocycles. The van der Waals surface area contributed by atoms with Crippen molar-refractivity contribution in [2.24, 2.45) is 0 Å². The van der Waals surface area contributed by atoms with Crippen LogP contribution < -0.4 is 4.74 Å². The third kappa shape index (κ3) is 3.26. The number of aliphatic hydroxyl groups excluding tert-OH is 1. The molecule has 1 atom stereocenters. The molecule has 0 radical (unpaired) electrons. The molecule has 0 unspecified atom stereocenters. The Bertz CT molecular complexity index is 388. The van der Waals surface area contributed by atoms with Crippen LogP contribution in [0.15, 0.2) is 18.2 Å². The summed E-state index contributed by atoms with van der Waals surface area (Å²) in [5.41, 5.74) is 0.564. The summed E-state index contributed by atoms with van der Waals surface area (Å²) < 4.78 is 18.2. The highest BCUT2D eigenvalue weighted by atomic mass is 19.1. The van der Waals surface area contributed by atoms with E-state index >= 15 is 0 Å². The maximum absolute atomic E-state index is 12.9. The first-order valence-corrected chi connectivity index (χ1v) is 4.65. The Morgan fingerprint density at radius 1 is 1.53 bits per heavy atom. The van der Waals surface area contributed by atoms with Crippen molar-refractivity contribution in [1.29, 1.82) is 0 Å². The van der Waals surface area contributed by atoms with Gasteiger partial charge in [0.25, 0.3) is 0 Å². The molecule has 0 spiro atoms. The molecule has 0 aliphatic heterocycles. The Morgan fingerprint density at radius 2 is 2.27 bits per heavy atom. The van der Waals surface area contributed by atoms with Crippen LogP contribution in [0.1, 0.15) is 25.5 Å². The van der Waals surface area contributed by atoms with E-state index in [0.717, 1.165) is 0 Å². The topological polar surface area (TPSA) is 29.5 Å². The van der Waals surface area contributed by atoms with Crippen LogP contribution in [0.2, 0.25) is 0 Å². The molecule has 2 nitrogen and oxygen atoms in total. The Balaban J connectivity index is 2.90. The number of hydrogen-bond donors (Lipinski definition) is 1. The molecule has 3 heteroatoms. The summed E-state index contributed by atoms with van der Waals surface area (Å²) in [5, 5.41) is 9.41. The molecule has 0 bridgehead atoms. The van der Waals surface area contributed by atoms with Gasteiger partial charge in [-0.05, 0) is 26.0 Å². The molecule has 0 heterocycles. The van der Waals surface area contributed by atoms with Crippen LogP contribution in [-0.2, 0) is 0 Å². The van der Waals surface area contributed by atoms with E-state index in [2.05, 4.69) is 11.8 Å². The van der Waals surface area contributed by atoms with Gasteiger partial charge in [0.05, 0.1) is 6.10 Å². The molecule has 15 heavy (non-hydrogen) atoms. The molecular formula is C12H13FO2. The van der Waals surface area contributed by atoms with E-state index in [1.54, 1.807) is 13.8 Å². The highest BCUT2D eigenvalue weighted by Crippen LogP contribution is 2.25. The normalized spacial score (nSPS) is 11.5. The van der Waals surface area contributed by atoms with Crippen molar-refractivity contribution >= 4 is 0 Å². The minimum Gasteiger partial charge on any atom is -0.480 e. The van der Waals surface area contributed by atoms with Gasteiger partial charge in [-0.2, -0.15) is 0 Å². The lowest BCUT2D eigenvalue weighted by molar-refractivity contribution is 0.193. The van der Waals surface area contributed by atoms with Crippen molar-refractivity contribution in [3.05, 3.63) is 29.6 Å². The quantitative estimate of drug-likeness (QED) is 0.772.